The number of tetrazole rings is 1. The molecule has 0 bridgehead atoms. The van der Waals surface area contributed by atoms with E-state index in [-0.39, 0.29) is 17.1 Å². The molecule has 3 heterocycles. The minimum absolute atomic E-state index is 0.109. The van der Waals surface area contributed by atoms with E-state index in [1.165, 1.54) is 0 Å². The van der Waals surface area contributed by atoms with Gasteiger partial charge in [0.2, 0.25) is 0 Å². The van der Waals surface area contributed by atoms with Crippen molar-refractivity contribution in [3.63, 3.8) is 0 Å². The Hall–Kier alpha value is -3.72. The van der Waals surface area contributed by atoms with Gasteiger partial charge in [-0.05, 0) is 74.4 Å². The molecule has 1 aliphatic rings. The maximum absolute atomic E-state index is 13.6. The van der Waals surface area contributed by atoms with Gasteiger partial charge < -0.3 is 14.6 Å². The lowest BCUT2D eigenvalue weighted by Crippen LogP contribution is -2.49. The largest absolute Gasteiger partial charge is 0.495 e. The van der Waals surface area contributed by atoms with Crippen LogP contribution in [0.3, 0.4) is 0 Å². The molecule has 4 aromatic rings. The molecule has 0 spiro atoms. The highest BCUT2D eigenvalue weighted by Gasteiger charge is 2.35. The van der Waals surface area contributed by atoms with Gasteiger partial charge in [-0.1, -0.05) is 24.3 Å². The summed E-state index contributed by atoms with van der Waals surface area (Å²) >= 11 is 0. The molecule has 0 radical (unpaired) electrons. The second kappa shape index (κ2) is 9.63. The Morgan fingerprint density at radius 1 is 1.00 bits per heavy atom. The zero-order valence-electron chi connectivity index (χ0n) is 22.4. The van der Waals surface area contributed by atoms with E-state index in [2.05, 4.69) is 70.1 Å². The van der Waals surface area contributed by atoms with Crippen molar-refractivity contribution in [2.45, 2.75) is 46.2 Å². The van der Waals surface area contributed by atoms with Gasteiger partial charge in [-0.2, -0.15) is 0 Å². The maximum Gasteiger partial charge on any atom is 0.253 e. The number of piperazine rings is 1. The summed E-state index contributed by atoms with van der Waals surface area (Å²) in [6, 6.07) is 13.9. The number of methoxy groups -OCH3 is 1. The van der Waals surface area contributed by atoms with Crippen LogP contribution in [0.15, 0.2) is 47.3 Å². The average Bonchev–Trinajstić information content (AvgIpc) is 3.38. The molecule has 9 heteroatoms. The first-order valence-corrected chi connectivity index (χ1v) is 12.7. The molecule has 0 unspecified atom stereocenters. The molecular weight excluding hydrogens is 466 g/mol. The van der Waals surface area contributed by atoms with E-state index in [9.17, 15) is 4.79 Å². The second-order valence-corrected chi connectivity index (χ2v) is 10.8. The standard InChI is InChI=1S/C28H35N7O2/c1-18-11-12-19(2)24-20(18)17-21(27(36)29-24)25(26-30-31-32-35(26)28(3,4)5)34-15-13-33(14-16-34)22-9-7-8-10-23(22)37-6/h7-12,17,25H,13-16H2,1-6H3,(H,29,36)/t25-/m1/s1. The number of nitrogens with zero attached hydrogens (tertiary/aromatic N) is 6. The number of anilines is 1. The molecule has 5 rings (SSSR count). The molecule has 194 valence electrons. The van der Waals surface area contributed by atoms with Crippen LogP contribution in [0.1, 0.15) is 49.3 Å². The van der Waals surface area contributed by atoms with Crippen LogP contribution in [0.25, 0.3) is 10.9 Å². The molecule has 9 nitrogen and oxygen atoms in total. The Kier molecular flexibility index (Phi) is 6.49. The van der Waals surface area contributed by atoms with E-state index >= 15 is 0 Å². The maximum atomic E-state index is 13.6. The van der Waals surface area contributed by atoms with Crippen LogP contribution in [0.5, 0.6) is 5.75 Å². The molecule has 1 atom stereocenters. The molecular formula is C28H35N7O2. The summed E-state index contributed by atoms with van der Waals surface area (Å²) in [7, 11) is 1.70. The van der Waals surface area contributed by atoms with Crippen LogP contribution in [0, 0.1) is 13.8 Å². The van der Waals surface area contributed by atoms with Crippen molar-refractivity contribution < 1.29 is 4.74 Å². The SMILES string of the molecule is COc1ccccc1N1CCN([C@H](c2cc3c(C)ccc(C)c3[nH]c2=O)c2nnnn2C(C)(C)C)CC1. The number of H-pyrrole nitrogens is 1. The minimum Gasteiger partial charge on any atom is -0.495 e. The number of benzene rings is 2. The summed E-state index contributed by atoms with van der Waals surface area (Å²) in [5.74, 6) is 1.54. The smallest absolute Gasteiger partial charge is 0.253 e. The summed E-state index contributed by atoms with van der Waals surface area (Å²) in [6.45, 7) is 13.4. The first kappa shape index (κ1) is 25.0. The summed E-state index contributed by atoms with van der Waals surface area (Å²) in [5, 5.41) is 13.9. The monoisotopic (exact) mass is 501 g/mol. The van der Waals surface area contributed by atoms with Gasteiger partial charge in [0.1, 0.15) is 11.8 Å². The van der Waals surface area contributed by atoms with Crippen LogP contribution >= 0.6 is 0 Å². The topological polar surface area (TPSA) is 92.2 Å². The first-order chi connectivity index (χ1) is 17.7. The highest BCUT2D eigenvalue weighted by molar-refractivity contribution is 5.85. The number of hydrogen-bond donors (Lipinski definition) is 1. The third-order valence-electron chi connectivity index (χ3n) is 7.25. The third-order valence-corrected chi connectivity index (χ3v) is 7.25. The number of nitrogens with one attached hydrogen (secondary N) is 1. The fourth-order valence-corrected chi connectivity index (χ4v) is 5.25. The van der Waals surface area contributed by atoms with Crippen molar-refractivity contribution in [2.24, 2.45) is 0 Å². The fraction of sp³-hybridized carbons (Fsp3) is 0.429. The second-order valence-electron chi connectivity index (χ2n) is 10.8. The van der Waals surface area contributed by atoms with Crippen molar-refractivity contribution >= 4 is 16.6 Å². The van der Waals surface area contributed by atoms with Crippen LogP contribution in [-0.2, 0) is 5.54 Å². The molecule has 0 aliphatic carbocycles. The van der Waals surface area contributed by atoms with Crippen LogP contribution < -0.4 is 15.2 Å². The Morgan fingerprint density at radius 2 is 1.70 bits per heavy atom. The van der Waals surface area contributed by atoms with E-state index in [0.717, 1.165) is 59.6 Å². The van der Waals surface area contributed by atoms with E-state index in [0.29, 0.717) is 11.4 Å². The average molecular weight is 502 g/mol. The predicted molar refractivity (Wildman–Crippen MR) is 145 cm³/mol. The summed E-state index contributed by atoms with van der Waals surface area (Å²) < 4.78 is 7.45. The Morgan fingerprint density at radius 3 is 2.41 bits per heavy atom. The quantitative estimate of drug-likeness (QED) is 0.445. The van der Waals surface area contributed by atoms with Gasteiger partial charge >= 0.3 is 0 Å². The third kappa shape index (κ3) is 4.59. The van der Waals surface area contributed by atoms with Gasteiger partial charge in [-0.3, -0.25) is 9.69 Å². The molecule has 0 saturated carbocycles. The molecule has 2 aromatic heterocycles. The number of hydrogen-bond acceptors (Lipinski definition) is 7. The van der Waals surface area contributed by atoms with Crippen molar-refractivity contribution in [3.8, 4) is 5.75 Å². The van der Waals surface area contributed by atoms with E-state index < -0.39 is 0 Å². The Bertz CT molecular complexity index is 1480. The number of aryl methyl sites for hydroxylation is 2. The summed E-state index contributed by atoms with van der Waals surface area (Å²) in [5.41, 5.74) is 4.33. The highest BCUT2D eigenvalue weighted by atomic mass is 16.5. The normalized spacial score (nSPS) is 15.8. The summed E-state index contributed by atoms with van der Waals surface area (Å²) in [6.07, 6.45) is 0. The van der Waals surface area contributed by atoms with Crippen LogP contribution in [0.2, 0.25) is 0 Å². The molecule has 1 N–H and O–H groups in total. The molecule has 37 heavy (non-hydrogen) atoms. The number of rotatable bonds is 5. The minimum atomic E-state index is -0.387. The molecule has 2 aromatic carbocycles. The van der Waals surface area contributed by atoms with Crippen LogP contribution in [-0.4, -0.2) is 63.4 Å². The lowest BCUT2D eigenvalue weighted by molar-refractivity contribution is 0.190. The van der Waals surface area contributed by atoms with Gasteiger partial charge in [0.05, 0.1) is 23.9 Å². The first-order valence-electron chi connectivity index (χ1n) is 12.7. The Labute approximate surface area is 217 Å². The van der Waals surface area contributed by atoms with E-state index in [1.807, 2.05) is 41.9 Å². The van der Waals surface area contributed by atoms with Crippen molar-refractivity contribution in [1.29, 1.82) is 0 Å². The lowest BCUT2D eigenvalue weighted by Gasteiger charge is -2.40. The summed E-state index contributed by atoms with van der Waals surface area (Å²) in [4.78, 5) is 21.4. The number of aromatic amines is 1. The number of ether oxygens (including phenoxy) is 1. The molecule has 0 amide bonds. The lowest BCUT2D eigenvalue weighted by atomic mass is 9.98. The number of para-hydroxylation sites is 2. The van der Waals surface area contributed by atoms with Gasteiger partial charge in [-0.25, -0.2) is 4.68 Å². The zero-order valence-corrected chi connectivity index (χ0v) is 22.4. The molecule has 1 aliphatic heterocycles. The van der Waals surface area contributed by atoms with Gasteiger partial charge in [0, 0.05) is 37.1 Å². The van der Waals surface area contributed by atoms with E-state index in [1.54, 1.807) is 7.11 Å². The molecule has 1 fully saturated rings. The van der Waals surface area contributed by atoms with Crippen molar-refractivity contribution in [1.82, 2.24) is 30.1 Å². The zero-order chi connectivity index (χ0) is 26.3. The molecule has 1 saturated heterocycles. The highest BCUT2D eigenvalue weighted by Crippen LogP contribution is 2.33. The van der Waals surface area contributed by atoms with Gasteiger partial charge in [0.15, 0.2) is 5.82 Å². The van der Waals surface area contributed by atoms with Gasteiger partial charge in [-0.15, -0.1) is 5.10 Å². The van der Waals surface area contributed by atoms with Gasteiger partial charge in [0.25, 0.3) is 5.56 Å². The number of aromatic nitrogens is 5. The number of fused-ring (bicyclic) bond motifs is 1. The van der Waals surface area contributed by atoms with Crippen LogP contribution in [0.4, 0.5) is 5.69 Å². The Balaban J connectivity index is 1.58. The fourth-order valence-electron chi connectivity index (χ4n) is 5.25. The number of pyridine rings is 1. The van der Waals surface area contributed by atoms with Crippen molar-refractivity contribution in [3.05, 3.63) is 75.3 Å². The van der Waals surface area contributed by atoms with E-state index in [4.69, 9.17) is 4.74 Å². The predicted octanol–water partition coefficient (Wildman–Crippen LogP) is 3.81. The van der Waals surface area contributed by atoms with Crippen molar-refractivity contribution in [2.75, 3.05) is 38.2 Å².